The van der Waals surface area contributed by atoms with Gasteiger partial charge in [-0.3, -0.25) is 10.1 Å². The second-order valence-corrected chi connectivity index (χ2v) is 11.4. The molecule has 1 N–H and O–H groups in total. The summed E-state index contributed by atoms with van der Waals surface area (Å²) in [6.07, 6.45) is 4.15. The summed E-state index contributed by atoms with van der Waals surface area (Å²) in [5.74, 6) is 0.607. The van der Waals surface area contributed by atoms with Gasteiger partial charge in [0.2, 0.25) is 11.9 Å². The molecule has 2 fully saturated rings. The minimum atomic E-state index is -0.389. The monoisotopic (exact) mass is 558 g/mol. The normalized spacial score (nSPS) is 22.3. The van der Waals surface area contributed by atoms with Crippen molar-refractivity contribution in [2.45, 2.75) is 32.7 Å². The molecule has 1 unspecified atom stereocenters. The van der Waals surface area contributed by atoms with E-state index in [2.05, 4.69) is 39.0 Å². The van der Waals surface area contributed by atoms with E-state index < -0.39 is 0 Å². The van der Waals surface area contributed by atoms with E-state index in [1.807, 2.05) is 23.9 Å². The number of rotatable bonds is 7. The standard InChI is InChI=1S/C26H32ClFN8O3/c1-26(2)13-35(20-9-17(27)18(28)8-16(20)26)25-30-14-29-24(32-25)31-19-10-22(36(37)38)21(11-23(19)39-5)34-7-6-15(12-34)33(3)4/h9-11,14-16H,6-8,12-13H2,1-5H3,(H,29,30,31,32)/t15-,16?/m1/s1. The molecule has 13 heteroatoms. The van der Waals surface area contributed by atoms with Crippen molar-refractivity contribution in [2.24, 2.45) is 11.3 Å². The summed E-state index contributed by atoms with van der Waals surface area (Å²) in [7, 11) is 5.54. The first-order valence-electron chi connectivity index (χ1n) is 12.8. The zero-order valence-corrected chi connectivity index (χ0v) is 23.4. The van der Waals surface area contributed by atoms with Gasteiger partial charge < -0.3 is 24.8 Å². The molecule has 2 atom stereocenters. The van der Waals surface area contributed by atoms with Crippen LogP contribution in [0.4, 0.5) is 33.3 Å². The molecule has 3 heterocycles. The van der Waals surface area contributed by atoms with E-state index in [1.54, 1.807) is 12.1 Å². The fourth-order valence-electron chi connectivity index (χ4n) is 5.63. The summed E-state index contributed by atoms with van der Waals surface area (Å²) in [5.41, 5.74) is 1.45. The van der Waals surface area contributed by atoms with E-state index in [0.717, 1.165) is 12.1 Å². The van der Waals surface area contributed by atoms with Gasteiger partial charge in [-0.2, -0.15) is 4.98 Å². The molecule has 2 saturated heterocycles. The number of aromatic nitrogens is 3. The fraction of sp³-hybridized carbons (Fsp3) is 0.500. The quantitative estimate of drug-likeness (QED) is 0.374. The van der Waals surface area contributed by atoms with Crippen molar-refractivity contribution < 1.29 is 14.1 Å². The molecule has 0 saturated carbocycles. The number of nitro groups is 1. The maximum absolute atomic E-state index is 14.3. The van der Waals surface area contributed by atoms with Crippen molar-refractivity contribution in [2.75, 3.05) is 56.0 Å². The highest BCUT2D eigenvalue weighted by molar-refractivity contribution is 6.31. The minimum absolute atomic E-state index is 0.0352. The van der Waals surface area contributed by atoms with Crippen molar-refractivity contribution in [1.82, 2.24) is 19.9 Å². The lowest BCUT2D eigenvalue weighted by atomic mass is 9.77. The number of methoxy groups -OCH3 is 1. The molecule has 1 aliphatic carbocycles. The Hall–Kier alpha value is -3.51. The van der Waals surface area contributed by atoms with Gasteiger partial charge in [0.1, 0.15) is 23.6 Å². The summed E-state index contributed by atoms with van der Waals surface area (Å²) in [6.45, 7) is 6.11. The topological polar surface area (TPSA) is 113 Å². The van der Waals surface area contributed by atoms with Crippen LogP contribution in [-0.4, -0.2) is 71.7 Å². The summed E-state index contributed by atoms with van der Waals surface area (Å²) in [6, 6.07) is 3.45. The van der Waals surface area contributed by atoms with E-state index >= 15 is 0 Å². The number of anilines is 4. The Morgan fingerprint density at radius 2 is 2.08 bits per heavy atom. The van der Waals surface area contributed by atoms with Crippen LogP contribution in [-0.2, 0) is 0 Å². The first-order valence-corrected chi connectivity index (χ1v) is 13.1. The van der Waals surface area contributed by atoms with E-state index in [1.165, 1.54) is 19.5 Å². The van der Waals surface area contributed by atoms with Gasteiger partial charge in [0, 0.05) is 55.8 Å². The largest absolute Gasteiger partial charge is 0.494 e. The van der Waals surface area contributed by atoms with Crippen molar-refractivity contribution in [3.8, 4) is 5.75 Å². The molecule has 39 heavy (non-hydrogen) atoms. The van der Waals surface area contributed by atoms with Crippen LogP contribution >= 0.6 is 11.6 Å². The lowest BCUT2D eigenvalue weighted by molar-refractivity contribution is -0.384. The number of benzene rings is 1. The molecule has 0 bridgehead atoms. The Kier molecular flexibility index (Phi) is 7.10. The van der Waals surface area contributed by atoms with Crippen LogP contribution < -0.4 is 19.9 Å². The Labute approximate surface area is 231 Å². The summed E-state index contributed by atoms with van der Waals surface area (Å²) in [5, 5.41) is 15.2. The van der Waals surface area contributed by atoms with Crippen LogP contribution in [0.1, 0.15) is 26.7 Å². The van der Waals surface area contributed by atoms with Crippen LogP contribution in [0.3, 0.4) is 0 Å². The highest BCUT2D eigenvalue weighted by Crippen LogP contribution is 2.50. The second kappa shape index (κ2) is 10.2. The molecule has 0 radical (unpaired) electrons. The zero-order chi connectivity index (χ0) is 28.1. The predicted molar refractivity (Wildman–Crippen MR) is 148 cm³/mol. The van der Waals surface area contributed by atoms with Crippen LogP contribution in [0.5, 0.6) is 5.75 Å². The van der Waals surface area contributed by atoms with Crippen molar-refractivity contribution in [3.63, 3.8) is 0 Å². The third kappa shape index (κ3) is 5.10. The SMILES string of the molecule is COc1cc(N2CC[C@@H](N(C)C)C2)c([N+](=O)[O-])cc1Nc1ncnc(N2CC(C)(C)C3CC(F)=C(Cl)C=C32)n1. The molecule has 0 amide bonds. The van der Waals surface area contributed by atoms with Gasteiger partial charge in [-0.15, -0.1) is 0 Å². The number of halogens is 2. The molecule has 1 aromatic heterocycles. The van der Waals surface area contributed by atoms with Crippen LogP contribution in [0.15, 0.2) is 41.1 Å². The van der Waals surface area contributed by atoms with E-state index in [9.17, 15) is 14.5 Å². The Bertz CT molecular complexity index is 1360. The Morgan fingerprint density at radius 1 is 1.31 bits per heavy atom. The average Bonchev–Trinajstić information content (AvgIpc) is 3.48. The first kappa shape index (κ1) is 27.1. The lowest BCUT2D eigenvalue weighted by Gasteiger charge is -2.27. The summed E-state index contributed by atoms with van der Waals surface area (Å²) < 4.78 is 19.9. The highest BCUT2D eigenvalue weighted by atomic mass is 35.5. The van der Waals surface area contributed by atoms with Gasteiger partial charge in [0.05, 0.1) is 22.8 Å². The Balaban J connectivity index is 1.46. The first-order chi connectivity index (χ1) is 18.5. The minimum Gasteiger partial charge on any atom is -0.494 e. The van der Waals surface area contributed by atoms with Gasteiger partial charge in [0.15, 0.2) is 0 Å². The van der Waals surface area contributed by atoms with Gasteiger partial charge in [-0.25, -0.2) is 14.4 Å². The number of nitro benzene ring substituents is 1. The summed E-state index contributed by atoms with van der Waals surface area (Å²) >= 11 is 6.14. The fourth-order valence-corrected chi connectivity index (χ4v) is 5.82. The van der Waals surface area contributed by atoms with E-state index in [4.69, 9.17) is 16.3 Å². The molecular formula is C26H32ClFN8O3. The van der Waals surface area contributed by atoms with Gasteiger partial charge in [-0.1, -0.05) is 25.4 Å². The molecule has 1 aromatic carbocycles. The molecular weight excluding hydrogens is 527 g/mol. The number of allylic oxidation sites excluding steroid dienone is 4. The lowest BCUT2D eigenvalue weighted by Crippen LogP contribution is -2.31. The van der Waals surface area contributed by atoms with Crippen LogP contribution in [0.2, 0.25) is 0 Å². The third-order valence-corrected chi connectivity index (χ3v) is 8.18. The molecule has 208 valence electrons. The molecule has 11 nitrogen and oxygen atoms in total. The van der Waals surface area contributed by atoms with Gasteiger partial charge >= 0.3 is 0 Å². The number of nitrogens with one attached hydrogen (secondary N) is 1. The van der Waals surface area contributed by atoms with Crippen molar-refractivity contribution in [3.05, 3.63) is 51.2 Å². The number of fused-ring (bicyclic) bond motifs is 1. The molecule has 0 spiro atoms. The number of nitrogens with zero attached hydrogens (tertiary/aromatic N) is 7. The smallest absolute Gasteiger partial charge is 0.294 e. The third-order valence-electron chi connectivity index (χ3n) is 7.87. The maximum Gasteiger partial charge on any atom is 0.294 e. The van der Waals surface area contributed by atoms with Crippen LogP contribution in [0.25, 0.3) is 0 Å². The van der Waals surface area contributed by atoms with Gasteiger partial charge in [-0.05, 0) is 32.0 Å². The number of likely N-dealkylation sites (N-methyl/N-ethyl adjacent to an activating group) is 1. The molecule has 3 aliphatic rings. The maximum atomic E-state index is 14.3. The Morgan fingerprint density at radius 3 is 2.74 bits per heavy atom. The molecule has 2 aliphatic heterocycles. The number of hydrogen-bond acceptors (Lipinski definition) is 10. The zero-order valence-electron chi connectivity index (χ0n) is 22.6. The molecule has 5 rings (SSSR count). The van der Waals surface area contributed by atoms with E-state index in [-0.39, 0.29) is 45.2 Å². The highest BCUT2D eigenvalue weighted by Gasteiger charge is 2.46. The summed E-state index contributed by atoms with van der Waals surface area (Å²) in [4.78, 5) is 30.9. The average molecular weight is 559 g/mol. The second-order valence-electron chi connectivity index (χ2n) is 11.0. The molecule has 2 aromatic rings. The van der Waals surface area contributed by atoms with Gasteiger partial charge in [0.25, 0.3) is 5.69 Å². The van der Waals surface area contributed by atoms with Crippen LogP contribution in [0, 0.1) is 21.4 Å². The number of ether oxygens (including phenoxy) is 1. The predicted octanol–water partition coefficient (Wildman–Crippen LogP) is 4.84. The van der Waals surface area contributed by atoms with Crippen molar-refractivity contribution in [1.29, 1.82) is 0 Å². The number of hydrogen-bond donors (Lipinski definition) is 1. The van der Waals surface area contributed by atoms with E-state index in [0.29, 0.717) is 48.7 Å². The van der Waals surface area contributed by atoms with Crippen molar-refractivity contribution >= 4 is 40.6 Å².